The van der Waals surface area contributed by atoms with Crippen molar-refractivity contribution in [3.8, 4) is 0 Å². The van der Waals surface area contributed by atoms with Crippen LogP contribution in [0, 0.1) is 5.92 Å². The number of amides is 1. The first kappa shape index (κ1) is 15.3. The van der Waals surface area contributed by atoms with E-state index in [0.29, 0.717) is 6.54 Å². The van der Waals surface area contributed by atoms with Crippen LogP contribution in [0.1, 0.15) is 20.8 Å². The summed E-state index contributed by atoms with van der Waals surface area (Å²) in [5.74, 6) is 0.295. The number of nitrogens with one attached hydrogen (secondary N) is 1. The Labute approximate surface area is 117 Å². The van der Waals surface area contributed by atoms with Crippen LogP contribution in [0.3, 0.4) is 0 Å². The largest absolute Gasteiger partial charge is 0.352 e. The average molecular weight is 281 g/mol. The van der Waals surface area contributed by atoms with Crippen LogP contribution in [-0.2, 0) is 4.79 Å². The minimum Gasteiger partial charge on any atom is -0.352 e. The van der Waals surface area contributed by atoms with E-state index in [1.54, 1.807) is 0 Å². The van der Waals surface area contributed by atoms with Gasteiger partial charge in [0.2, 0.25) is 0 Å². The minimum absolute atomic E-state index is 0.0172. The van der Waals surface area contributed by atoms with Gasteiger partial charge < -0.3 is 5.32 Å². The molecule has 0 aromatic carbocycles. The molecule has 1 rings (SSSR count). The summed E-state index contributed by atoms with van der Waals surface area (Å²) in [7, 11) is -1.61. The van der Waals surface area contributed by atoms with Crippen molar-refractivity contribution in [1.29, 1.82) is 0 Å². The van der Waals surface area contributed by atoms with Gasteiger partial charge in [-0.1, -0.05) is 44.4 Å². The summed E-state index contributed by atoms with van der Waals surface area (Å²) in [4.78, 5) is 13.2. The van der Waals surface area contributed by atoms with Crippen molar-refractivity contribution in [3.63, 3.8) is 0 Å². The molecule has 18 heavy (non-hydrogen) atoms. The normalized spacial score (nSPS) is 20.9. The topological polar surface area (TPSA) is 29.1 Å². The van der Waals surface area contributed by atoms with Gasteiger partial charge in [-0.25, -0.2) is 0 Å². The third kappa shape index (κ3) is 2.98. The molecule has 0 heterocycles. The fraction of sp³-hybridized carbons (Fsp3) is 0.571. The molecule has 1 unspecified atom stereocenters. The maximum Gasteiger partial charge on any atom is 0.251 e. The highest BCUT2D eigenvalue weighted by Crippen LogP contribution is 2.32. The van der Waals surface area contributed by atoms with Crippen molar-refractivity contribution in [2.24, 2.45) is 5.92 Å². The summed E-state index contributed by atoms with van der Waals surface area (Å²) in [6.07, 6.45) is 2.03. The summed E-state index contributed by atoms with van der Waals surface area (Å²) < 4.78 is 0. The van der Waals surface area contributed by atoms with E-state index >= 15 is 0 Å². The highest BCUT2D eigenvalue weighted by atomic mass is 32.1. The monoisotopic (exact) mass is 281 g/mol. The lowest BCUT2D eigenvalue weighted by molar-refractivity contribution is -0.117. The number of rotatable bonds is 3. The van der Waals surface area contributed by atoms with Gasteiger partial charge in [-0.05, 0) is 25.1 Å². The van der Waals surface area contributed by atoms with Crippen LogP contribution in [0.4, 0.5) is 0 Å². The Kier molecular flexibility index (Phi) is 4.67. The van der Waals surface area contributed by atoms with Gasteiger partial charge in [0, 0.05) is 22.9 Å². The zero-order chi connectivity index (χ0) is 14.1. The van der Waals surface area contributed by atoms with Crippen LogP contribution in [0.2, 0.25) is 19.6 Å². The number of carbonyl (C=O) groups excluding carboxylic acids is 1. The van der Waals surface area contributed by atoms with Gasteiger partial charge in [0.15, 0.2) is 0 Å². The van der Waals surface area contributed by atoms with Crippen molar-refractivity contribution < 1.29 is 4.79 Å². The molecule has 4 heteroatoms. The molecule has 1 atom stereocenters. The van der Waals surface area contributed by atoms with E-state index in [4.69, 9.17) is 12.2 Å². The van der Waals surface area contributed by atoms with Crippen molar-refractivity contribution in [2.45, 2.75) is 40.4 Å². The smallest absolute Gasteiger partial charge is 0.251 e. The zero-order valence-corrected chi connectivity index (χ0v) is 14.0. The molecule has 2 nitrogen and oxygen atoms in total. The fourth-order valence-electron chi connectivity index (χ4n) is 2.19. The third-order valence-corrected chi connectivity index (χ3v) is 6.07. The van der Waals surface area contributed by atoms with Crippen molar-refractivity contribution in [1.82, 2.24) is 5.32 Å². The lowest BCUT2D eigenvalue weighted by atomic mass is 9.90. The number of carbonyl (C=O) groups is 1. The van der Waals surface area contributed by atoms with E-state index in [1.807, 2.05) is 13.0 Å². The highest BCUT2D eigenvalue weighted by molar-refractivity contribution is 7.81. The van der Waals surface area contributed by atoms with Gasteiger partial charge >= 0.3 is 0 Å². The molecule has 1 aliphatic carbocycles. The van der Waals surface area contributed by atoms with Crippen LogP contribution in [0.5, 0.6) is 0 Å². The van der Waals surface area contributed by atoms with E-state index in [-0.39, 0.29) is 11.8 Å². The molecular weight excluding hydrogens is 258 g/mol. The summed E-state index contributed by atoms with van der Waals surface area (Å²) in [6, 6.07) is 0. The molecular formula is C14H23NOSSi. The second kappa shape index (κ2) is 5.49. The zero-order valence-electron chi connectivity index (χ0n) is 12.2. The first-order chi connectivity index (χ1) is 8.20. The van der Waals surface area contributed by atoms with Gasteiger partial charge in [-0.15, -0.1) is 0 Å². The molecule has 0 aliphatic heterocycles. The quantitative estimate of drug-likeness (QED) is 0.635. The molecule has 0 spiro atoms. The average Bonchev–Trinajstić information content (AvgIpc) is 2.23. The van der Waals surface area contributed by atoms with E-state index in [0.717, 1.165) is 15.6 Å². The van der Waals surface area contributed by atoms with Gasteiger partial charge in [0.25, 0.3) is 5.91 Å². The molecule has 1 aliphatic rings. The molecule has 1 N–H and O–H groups in total. The summed E-state index contributed by atoms with van der Waals surface area (Å²) in [6.45, 7) is 13.5. The Balaban J connectivity index is 3.39. The second-order valence-corrected chi connectivity index (χ2v) is 11.3. The van der Waals surface area contributed by atoms with Crippen LogP contribution >= 0.6 is 12.2 Å². The maximum atomic E-state index is 12.2. The summed E-state index contributed by atoms with van der Waals surface area (Å²) >= 11 is 5.61. The third-order valence-electron chi connectivity index (χ3n) is 3.30. The molecule has 0 radical (unpaired) electrons. The molecule has 1 amide bonds. The molecule has 0 aromatic rings. The fourth-order valence-corrected chi connectivity index (χ4v) is 5.35. The van der Waals surface area contributed by atoms with Crippen LogP contribution in [-0.4, -0.2) is 25.4 Å². The predicted molar refractivity (Wildman–Crippen MR) is 84.6 cm³/mol. The molecule has 0 aromatic heterocycles. The Morgan fingerprint density at radius 1 is 1.44 bits per heavy atom. The molecule has 0 fully saturated rings. The second-order valence-electron chi connectivity index (χ2n) is 5.87. The standard InChI is InChI=1S/C14H23NOSSi/c1-7-15-14(16)11-8-9(2)10(3)12(17)13(11)18(4,5)6/h8,10H,7H2,1-6H3,(H,15,16). The number of likely N-dealkylation sites (N-methyl/N-ethyl adjacent to an activating group) is 1. The lowest BCUT2D eigenvalue weighted by Gasteiger charge is -2.31. The Morgan fingerprint density at radius 3 is 2.44 bits per heavy atom. The van der Waals surface area contributed by atoms with Crippen LogP contribution < -0.4 is 5.32 Å². The van der Waals surface area contributed by atoms with Gasteiger partial charge in [-0.3, -0.25) is 4.79 Å². The molecule has 0 bridgehead atoms. The molecule has 0 saturated carbocycles. The predicted octanol–water partition coefficient (Wildman–Crippen LogP) is 3.26. The Hall–Kier alpha value is -0.743. The van der Waals surface area contributed by atoms with Gasteiger partial charge in [0.1, 0.15) is 0 Å². The van der Waals surface area contributed by atoms with E-state index in [2.05, 4.69) is 38.8 Å². The number of hydrogen-bond donors (Lipinski definition) is 1. The van der Waals surface area contributed by atoms with Crippen LogP contribution in [0.25, 0.3) is 0 Å². The first-order valence-electron chi connectivity index (χ1n) is 6.45. The SMILES string of the molecule is CCNC(=O)C1=C([Si](C)(C)C)C(=S)C(C)C(C)=C1. The molecule has 0 saturated heterocycles. The summed E-state index contributed by atoms with van der Waals surface area (Å²) in [5, 5.41) is 4.05. The summed E-state index contributed by atoms with van der Waals surface area (Å²) in [5.41, 5.74) is 1.99. The minimum atomic E-state index is -1.61. The first-order valence-corrected chi connectivity index (χ1v) is 10.4. The van der Waals surface area contributed by atoms with E-state index < -0.39 is 8.07 Å². The van der Waals surface area contributed by atoms with E-state index in [1.165, 1.54) is 5.57 Å². The maximum absolute atomic E-state index is 12.2. The van der Waals surface area contributed by atoms with Gasteiger partial charge in [-0.2, -0.15) is 0 Å². The van der Waals surface area contributed by atoms with Gasteiger partial charge in [0.05, 0.1) is 8.07 Å². The molecule has 100 valence electrons. The number of hydrogen-bond acceptors (Lipinski definition) is 2. The lowest BCUT2D eigenvalue weighted by Crippen LogP contribution is -2.38. The number of allylic oxidation sites excluding steroid dienone is 2. The van der Waals surface area contributed by atoms with Crippen molar-refractivity contribution in [2.75, 3.05) is 6.54 Å². The van der Waals surface area contributed by atoms with Crippen LogP contribution in [0.15, 0.2) is 22.4 Å². The Bertz CT molecular complexity index is 443. The van der Waals surface area contributed by atoms with Crippen molar-refractivity contribution in [3.05, 3.63) is 22.4 Å². The number of thiocarbonyl (C=S) groups is 1. The van der Waals surface area contributed by atoms with Crippen molar-refractivity contribution >= 4 is 31.1 Å². The highest BCUT2D eigenvalue weighted by Gasteiger charge is 2.33. The van der Waals surface area contributed by atoms with E-state index in [9.17, 15) is 4.79 Å². The Morgan fingerprint density at radius 2 is 2.00 bits per heavy atom.